The van der Waals surface area contributed by atoms with Gasteiger partial charge in [0.1, 0.15) is 12.2 Å². The number of ketones is 1. The van der Waals surface area contributed by atoms with Gasteiger partial charge in [0.25, 0.3) is 0 Å². The molecule has 5 atom stereocenters. The van der Waals surface area contributed by atoms with Crippen LogP contribution in [0.2, 0.25) is 0 Å². The molecule has 32 heavy (non-hydrogen) atoms. The smallest absolute Gasteiger partial charge is 0.331 e. The Morgan fingerprint density at radius 3 is 2.59 bits per heavy atom. The summed E-state index contributed by atoms with van der Waals surface area (Å²) in [5, 5.41) is 18.8. The third-order valence-corrected chi connectivity index (χ3v) is 5.29. The van der Waals surface area contributed by atoms with Crippen LogP contribution in [-0.4, -0.2) is 52.2 Å². The number of ether oxygens (including phenoxy) is 3. The maximum Gasteiger partial charge on any atom is 0.331 e. The van der Waals surface area contributed by atoms with E-state index in [1.165, 1.54) is 44.2 Å². The van der Waals surface area contributed by atoms with Crippen molar-refractivity contribution < 1.29 is 43.6 Å². The Kier molecular flexibility index (Phi) is 6.97. The number of aromatic hydroxyl groups is 2. The summed E-state index contributed by atoms with van der Waals surface area (Å²) in [5.41, 5.74) is 0.457. The fourth-order valence-electron chi connectivity index (χ4n) is 3.65. The number of carbonyl (C=O) groups is 4. The molecule has 3 rings (SSSR count). The second kappa shape index (κ2) is 9.67. The van der Waals surface area contributed by atoms with Crippen LogP contribution in [0.25, 0.3) is 6.08 Å². The zero-order chi connectivity index (χ0) is 23.4. The quantitative estimate of drug-likeness (QED) is 0.267. The van der Waals surface area contributed by atoms with Crippen LogP contribution in [0.1, 0.15) is 32.3 Å². The number of esters is 3. The van der Waals surface area contributed by atoms with E-state index in [1.54, 1.807) is 6.08 Å². The van der Waals surface area contributed by atoms with Gasteiger partial charge in [0.15, 0.2) is 23.4 Å². The molecule has 1 aromatic rings. The summed E-state index contributed by atoms with van der Waals surface area (Å²) in [5.74, 6) is -3.55. The number of cyclic esters (lactones) is 1. The van der Waals surface area contributed by atoms with Gasteiger partial charge in [-0.1, -0.05) is 12.1 Å². The Labute approximate surface area is 184 Å². The van der Waals surface area contributed by atoms with Crippen LogP contribution < -0.4 is 0 Å². The van der Waals surface area contributed by atoms with E-state index in [1.807, 2.05) is 0 Å². The van der Waals surface area contributed by atoms with Gasteiger partial charge in [-0.15, -0.1) is 0 Å². The predicted molar refractivity (Wildman–Crippen MR) is 110 cm³/mol. The van der Waals surface area contributed by atoms with Crippen molar-refractivity contribution in [2.45, 2.75) is 45.0 Å². The largest absolute Gasteiger partial charge is 0.504 e. The van der Waals surface area contributed by atoms with Gasteiger partial charge >= 0.3 is 17.9 Å². The topological polar surface area (TPSA) is 136 Å². The molecule has 0 unspecified atom stereocenters. The third kappa shape index (κ3) is 5.75. The fourth-order valence-corrected chi connectivity index (χ4v) is 3.65. The molecule has 9 heteroatoms. The fraction of sp³-hybridized carbons (Fsp3) is 0.391. The molecule has 9 nitrogen and oxygen atoms in total. The van der Waals surface area contributed by atoms with Gasteiger partial charge in [-0.3, -0.25) is 9.59 Å². The number of phenolic OH excluding ortho intramolecular Hbond substituents is 2. The van der Waals surface area contributed by atoms with Gasteiger partial charge in [0.2, 0.25) is 0 Å². The Morgan fingerprint density at radius 1 is 1.19 bits per heavy atom. The Morgan fingerprint density at radius 2 is 1.94 bits per heavy atom. The van der Waals surface area contributed by atoms with Crippen LogP contribution >= 0.6 is 0 Å². The van der Waals surface area contributed by atoms with Crippen LogP contribution in [0, 0.1) is 11.8 Å². The van der Waals surface area contributed by atoms with E-state index >= 15 is 0 Å². The highest BCUT2D eigenvalue weighted by molar-refractivity contribution is 5.93. The lowest BCUT2D eigenvalue weighted by Gasteiger charge is -2.27. The van der Waals surface area contributed by atoms with Gasteiger partial charge in [0.05, 0.1) is 0 Å². The van der Waals surface area contributed by atoms with E-state index < -0.39 is 42.1 Å². The number of hydrogen-bond acceptors (Lipinski definition) is 9. The van der Waals surface area contributed by atoms with E-state index in [2.05, 4.69) is 0 Å². The van der Waals surface area contributed by atoms with Crippen molar-refractivity contribution in [3.63, 3.8) is 0 Å². The molecule has 1 saturated carbocycles. The van der Waals surface area contributed by atoms with Gasteiger partial charge in [-0.2, -0.15) is 0 Å². The molecule has 0 spiro atoms. The number of Topliss-reactive ketones (excluding diaryl/α,β-unsaturated/α-hetero) is 1. The molecule has 0 aromatic heterocycles. The SMILES string of the molecule is CC(=O)O[C@@H]([C@H]1C[C@@H]1C(=O)[C@H](C)OC(=O)/C=C/c1ccc(O)c(O)c1)[C@H]1CC=CC(=O)O1. The molecule has 1 aliphatic heterocycles. The van der Waals surface area contributed by atoms with Gasteiger partial charge in [-0.05, 0) is 37.1 Å². The summed E-state index contributed by atoms with van der Waals surface area (Å²) in [6.45, 7) is 2.71. The number of benzene rings is 1. The molecular formula is C23H24O9. The predicted octanol–water partition coefficient (Wildman–Crippen LogP) is 2.05. The molecular weight excluding hydrogens is 420 g/mol. The molecule has 1 aromatic carbocycles. The highest BCUT2D eigenvalue weighted by atomic mass is 16.6. The molecule has 2 N–H and O–H groups in total. The average molecular weight is 444 g/mol. The summed E-state index contributed by atoms with van der Waals surface area (Å²) in [6.07, 6.45) is 3.78. The summed E-state index contributed by atoms with van der Waals surface area (Å²) >= 11 is 0. The number of rotatable bonds is 8. The highest BCUT2D eigenvalue weighted by Crippen LogP contribution is 2.46. The minimum absolute atomic E-state index is 0.283. The minimum Gasteiger partial charge on any atom is -0.504 e. The van der Waals surface area contributed by atoms with Crippen molar-refractivity contribution in [3.05, 3.63) is 42.0 Å². The summed E-state index contributed by atoms with van der Waals surface area (Å²) in [6, 6.07) is 4.04. The van der Waals surface area contributed by atoms with Crippen molar-refractivity contribution in [2.24, 2.45) is 11.8 Å². The van der Waals surface area contributed by atoms with E-state index in [0.29, 0.717) is 18.4 Å². The maximum absolute atomic E-state index is 12.7. The van der Waals surface area contributed by atoms with Crippen LogP contribution in [0.5, 0.6) is 11.5 Å². The zero-order valence-electron chi connectivity index (χ0n) is 17.6. The summed E-state index contributed by atoms with van der Waals surface area (Å²) < 4.78 is 15.8. The standard InChI is InChI=1S/C23H24O9/c1-12(30-21(28)9-7-14-6-8-17(25)18(26)10-14)22(29)15-11-16(15)23(31-13(2)24)19-4-3-5-20(27)32-19/h3,5-10,12,15-16,19,23,25-26H,4,11H2,1-2H3/b9-7+/t12-,15-,16-,19+,23-/m0/s1. The molecule has 0 amide bonds. The van der Waals surface area contributed by atoms with Crippen molar-refractivity contribution in [2.75, 3.05) is 0 Å². The van der Waals surface area contributed by atoms with Crippen molar-refractivity contribution in [1.29, 1.82) is 0 Å². The van der Waals surface area contributed by atoms with E-state index in [9.17, 15) is 29.4 Å². The van der Waals surface area contributed by atoms with Crippen molar-refractivity contribution in [1.82, 2.24) is 0 Å². The summed E-state index contributed by atoms with van der Waals surface area (Å²) in [4.78, 5) is 47.9. The lowest BCUT2D eigenvalue weighted by molar-refractivity contribution is -0.167. The normalized spacial score (nSPS) is 23.8. The maximum atomic E-state index is 12.7. The third-order valence-electron chi connectivity index (χ3n) is 5.29. The molecule has 2 aliphatic rings. The second-order valence-corrected chi connectivity index (χ2v) is 7.76. The molecule has 0 bridgehead atoms. The van der Waals surface area contributed by atoms with Crippen LogP contribution in [0.15, 0.2) is 36.4 Å². The van der Waals surface area contributed by atoms with E-state index in [-0.39, 0.29) is 23.2 Å². The van der Waals surface area contributed by atoms with Gasteiger partial charge in [0, 0.05) is 37.3 Å². The monoisotopic (exact) mass is 444 g/mol. The molecule has 0 saturated heterocycles. The highest BCUT2D eigenvalue weighted by Gasteiger charge is 2.53. The number of phenols is 2. The first-order valence-electron chi connectivity index (χ1n) is 10.1. The Balaban J connectivity index is 1.57. The van der Waals surface area contributed by atoms with Gasteiger partial charge < -0.3 is 24.4 Å². The van der Waals surface area contributed by atoms with E-state index in [0.717, 1.165) is 6.08 Å². The van der Waals surface area contributed by atoms with Crippen LogP contribution in [-0.2, 0) is 33.4 Å². The first-order valence-corrected chi connectivity index (χ1v) is 10.1. The number of hydrogen-bond donors (Lipinski definition) is 2. The van der Waals surface area contributed by atoms with Crippen molar-refractivity contribution >= 4 is 29.8 Å². The van der Waals surface area contributed by atoms with Crippen molar-refractivity contribution in [3.8, 4) is 11.5 Å². The second-order valence-electron chi connectivity index (χ2n) is 7.76. The minimum atomic E-state index is -1.03. The lowest BCUT2D eigenvalue weighted by atomic mass is 10.0. The Bertz CT molecular complexity index is 978. The molecule has 1 heterocycles. The molecule has 0 radical (unpaired) electrons. The average Bonchev–Trinajstić information content (AvgIpc) is 3.52. The molecule has 170 valence electrons. The molecule has 1 fully saturated rings. The van der Waals surface area contributed by atoms with E-state index in [4.69, 9.17) is 14.2 Å². The lowest BCUT2D eigenvalue weighted by Crippen LogP contribution is -2.38. The summed E-state index contributed by atoms with van der Waals surface area (Å²) in [7, 11) is 0. The van der Waals surface area contributed by atoms with Crippen LogP contribution in [0.4, 0.5) is 0 Å². The van der Waals surface area contributed by atoms with Crippen LogP contribution in [0.3, 0.4) is 0 Å². The molecule has 1 aliphatic carbocycles. The number of carbonyl (C=O) groups excluding carboxylic acids is 4. The Hall–Kier alpha value is -3.62. The zero-order valence-corrected chi connectivity index (χ0v) is 17.6. The van der Waals surface area contributed by atoms with Gasteiger partial charge in [-0.25, -0.2) is 9.59 Å². The first kappa shape index (κ1) is 23.1. The first-order chi connectivity index (χ1) is 15.2.